The van der Waals surface area contributed by atoms with E-state index < -0.39 is 17.5 Å². The summed E-state index contributed by atoms with van der Waals surface area (Å²) in [6.45, 7) is 11.3. The largest absolute Gasteiger partial charge is 0.464 e. The fraction of sp³-hybridized carbons (Fsp3) is 0.364. The van der Waals surface area contributed by atoms with Crippen LogP contribution in [0.2, 0.25) is 0 Å². The molecule has 158 valence electrons. The Morgan fingerprint density at radius 3 is 2.43 bits per heavy atom. The van der Waals surface area contributed by atoms with Gasteiger partial charge < -0.3 is 9.73 Å². The van der Waals surface area contributed by atoms with Gasteiger partial charge in [0, 0.05) is 16.6 Å². The number of furan rings is 1. The zero-order valence-electron chi connectivity index (χ0n) is 18.0. The predicted octanol–water partition coefficient (Wildman–Crippen LogP) is 4.36. The normalized spacial score (nSPS) is 12.5. The lowest BCUT2D eigenvalue weighted by atomic mass is 10.0. The number of carbonyl (C=O) groups is 2. The minimum Gasteiger partial charge on any atom is -0.464 e. The van der Waals surface area contributed by atoms with E-state index in [0.29, 0.717) is 17.2 Å². The highest BCUT2D eigenvalue weighted by Crippen LogP contribution is 2.33. The van der Waals surface area contributed by atoms with Crippen molar-refractivity contribution < 1.29 is 14.0 Å². The number of rotatable bonds is 5. The molecule has 0 unspecified atom stereocenters. The van der Waals surface area contributed by atoms with Crippen LogP contribution >= 0.6 is 11.5 Å². The summed E-state index contributed by atoms with van der Waals surface area (Å²) in [6, 6.07) is 8.28. The molecule has 0 radical (unpaired) electrons. The topological polar surface area (TPSA) is 88.3 Å². The number of amides is 2. The van der Waals surface area contributed by atoms with Gasteiger partial charge in [-0.3, -0.25) is 14.5 Å². The van der Waals surface area contributed by atoms with Crippen molar-refractivity contribution in [3.05, 3.63) is 64.1 Å². The Kier molecular flexibility index (Phi) is 6.07. The fourth-order valence-corrected chi connectivity index (χ4v) is 3.57. The second-order valence-corrected chi connectivity index (χ2v) is 8.96. The summed E-state index contributed by atoms with van der Waals surface area (Å²) in [6.07, 6.45) is 0. The van der Waals surface area contributed by atoms with Crippen LogP contribution in [0.1, 0.15) is 59.9 Å². The molecule has 3 aromatic rings. The summed E-state index contributed by atoms with van der Waals surface area (Å²) >= 11 is 1.09. The molecule has 0 spiro atoms. The van der Waals surface area contributed by atoms with Crippen LogP contribution in [0, 0.1) is 20.8 Å². The van der Waals surface area contributed by atoms with E-state index >= 15 is 0 Å². The summed E-state index contributed by atoms with van der Waals surface area (Å²) in [5.41, 5.74) is 2.13. The molecular weight excluding hydrogens is 400 g/mol. The van der Waals surface area contributed by atoms with Gasteiger partial charge in [0.25, 0.3) is 11.8 Å². The number of nitrogens with zero attached hydrogens (tertiary/aromatic N) is 3. The molecule has 2 heterocycles. The summed E-state index contributed by atoms with van der Waals surface area (Å²) in [5, 5.41) is 8.51. The first-order chi connectivity index (χ1) is 14.1. The van der Waals surface area contributed by atoms with Crippen LogP contribution in [0.4, 0.5) is 5.69 Å². The van der Waals surface area contributed by atoms with Crippen LogP contribution in [0.25, 0.3) is 0 Å². The van der Waals surface area contributed by atoms with Gasteiger partial charge in [-0.15, -0.1) is 5.10 Å². The maximum Gasteiger partial charge on any atom is 0.280 e. The first-order valence-electron chi connectivity index (χ1n) is 9.63. The van der Waals surface area contributed by atoms with E-state index in [9.17, 15) is 9.59 Å². The highest BCUT2D eigenvalue weighted by atomic mass is 32.1. The number of aryl methyl sites for hydroxylation is 3. The second-order valence-electron chi connectivity index (χ2n) is 8.35. The lowest BCUT2D eigenvalue weighted by Gasteiger charge is -2.33. The summed E-state index contributed by atoms with van der Waals surface area (Å²) in [4.78, 5) is 28.5. The average Bonchev–Trinajstić information content (AvgIpc) is 3.31. The van der Waals surface area contributed by atoms with Gasteiger partial charge >= 0.3 is 0 Å². The standard InChI is InChI=1S/C22H26N4O3S/c1-13-7-8-14(2)17(11-13)26(21(28)16-12-30-25-24-16)19(18-10-9-15(3)29-18)20(27)23-22(4,5)6/h7-12,19H,1-6H3,(H,23,27)/t19-/m0/s1. The van der Waals surface area contributed by atoms with Gasteiger partial charge in [0.15, 0.2) is 11.7 Å². The van der Waals surface area contributed by atoms with Crippen molar-refractivity contribution in [2.24, 2.45) is 0 Å². The molecule has 0 saturated carbocycles. The highest BCUT2D eigenvalue weighted by Gasteiger charge is 2.38. The molecule has 1 aromatic carbocycles. The number of hydrogen-bond donors (Lipinski definition) is 1. The Morgan fingerprint density at radius 1 is 1.13 bits per heavy atom. The third-order valence-electron chi connectivity index (χ3n) is 4.46. The van der Waals surface area contributed by atoms with Crippen LogP contribution in [0.15, 0.2) is 40.1 Å². The molecule has 8 heteroatoms. The quantitative estimate of drug-likeness (QED) is 0.655. The first-order valence-corrected chi connectivity index (χ1v) is 10.5. The summed E-state index contributed by atoms with van der Waals surface area (Å²) in [5.74, 6) is 0.281. The number of anilines is 1. The van der Waals surface area contributed by atoms with Crippen molar-refractivity contribution in [1.29, 1.82) is 0 Å². The maximum absolute atomic E-state index is 13.6. The summed E-state index contributed by atoms with van der Waals surface area (Å²) in [7, 11) is 0. The van der Waals surface area contributed by atoms with Crippen LogP contribution in [-0.4, -0.2) is 26.9 Å². The molecule has 2 aromatic heterocycles. The van der Waals surface area contributed by atoms with Crippen molar-refractivity contribution in [2.75, 3.05) is 4.90 Å². The average molecular weight is 427 g/mol. The Hall–Kier alpha value is -3.00. The van der Waals surface area contributed by atoms with E-state index in [0.717, 1.165) is 22.7 Å². The van der Waals surface area contributed by atoms with Crippen LogP contribution < -0.4 is 10.2 Å². The number of carbonyl (C=O) groups excluding carboxylic acids is 2. The highest BCUT2D eigenvalue weighted by molar-refractivity contribution is 7.03. The third kappa shape index (κ3) is 4.76. The van der Waals surface area contributed by atoms with E-state index in [1.165, 1.54) is 4.90 Å². The zero-order chi connectivity index (χ0) is 22.1. The van der Waals surface area contributed by atoms with Crippen molar-refractivity contribution in [2.45, 2.75) is 53.1 Å². The second kappa shape index (κ2) is 8.39. The molecule has 1 atom stereocenters. The monoisotopic (exact) mass is 426 g/mol. The first kappa shape index (κ1) is 21.7. The molecule has 2 amide bonds. The fourth-order valence-electron chi connectivity index (χ4n) is 3.14. The predicted molar refractivity (Wildman–Crippen MR) is 117 cm³/mol. The van der Waals surface area contributed by atoms with E-state index in [1.807, 2.05) is 52.8 Å². The molecule has 0 bridgehead atoms. The van der Waals surface area contributed by atoms with E-state index in [1.54, 1.807) is 24.4 Å². The van der Waals surface area contributed by atoms with Crippen molar-refractivity contribution in [3.8, 4) is 0 Å². The van der Waals surface area contributed by atoms with Gasteiger partial charge in [-0.2, -0.15) is 0 Å². The molecule has 0 fully saturated rings. The maximum atomic E-state index is 13.6. The Labute approximate surface area is 180 Å². The van der Waals surface area contributed by atoms with Gasteiger partial charge in [0.05, 0.1) is 0 Å². The van der Waals surface area contributed by atoms with Crippen LogP contribution in [0.5, 0.6) is 0 Å². The molecule has 30 heavy (non-hydrogen) atoms. The molecule has 0 saturated heterocycles. The van der Waals surface area contributed by atoms with Gasteiger partial charge in [-0.1, -0.05) is 16.6 Å². The summed E-state index contributed by atoms with van der Waals surface area (Å²) < 4.78 is 9.65. The van der Waals surface area contributed by atoms with Crippen LogP contribution in [0.3, 0.4) is 0 Å². The minimum absolute atomic E-state index is 0.178. The number of hydrogen-bond acceptors (Lipinski definition) is 6. The van der Waals surface area contributed by atoms with Gasteiger partial charge in [0.1, 0.15) is 11.5 Å². The van der Waals surface area contributed by atoms with E-state index in [-0.39, 0.29) is 11.6 Å². The molecule has 0 aliphatic rings. The minimum atomic E-state index is -1.01. The van der Waals surface area contributed by atoms with Crippen LogP contribution in [-0.2, 0) is 4.79 Å². The Bertz CT molecular complexity index is 1050. The SMILES string of the molecule is Cc1ccc(C)c(N(C(=O)c2csnn2)[C@H](C(=O)NC(C)(C)C)c2ccc(C)o2)c1. The number of aromatic nitrogens is 2. The Balaban J connectivity index is 2.21. The van der Waals surface area contributed by atoms with Crippen molar-refractivity contribution in [3.63, 3.8) is 0 Å². The zero-order valence-corrected chi connectivity index (χ0v) is 18.8. The molecule has 1 N–H and O–H groups in total. The van der Waals surface area contributed by atoms with Gasteiger partial charge in [-0.05, 0) is 82.4 Å². The van der Waals surface area contributed by atoms with Crippen molar-refractivity contribution >= 4 is 29.0 Å². The third-order valence-corrected chi connectivity index (χ3v) is 4.96. The van der Waals surface area contributed by atoms with Gasteiger partial charge in [0.2, 0.25) is 0 Å². The number of benzene rings is 1. The molecule has 0 aliphatic heterocycles. The molecule has 0 aliphatic carbocycles. The smallest absolute Gasteiger partial charge is 0.280 e. The van der Waals surface area contributed by atoms with Crippen molar-refractivity contribution in [1.82, 2.24) is 14.9 Å². The van der Waals surface area contributed by atoms with E-state index in [2.05, 4.69) is 14.9 Å². The van der Waals surface area contributed by atoms with E-state index in [4.69, 9.17) is 4.42 Å². The van der Waals surface area contributed by atoms with Gasteiger partial charge in [-0.25, -0.2) is 0 Å². The number of nitrogens with one attached hydrogen (secondary N) is 1. The lowest BCUT2D eigenvalue weighted by Crippen LogP contribution is -2.49. The molecular formula is C22H26N4O3S. The Morgan fingerprint density at radius 2 is 1.87 bits per heavy atom. The molecule has 3 rings (SSSR count). The lowest BCUT2D eigenvalue weighted by molar-refractivity contribution is -0.124. The molecule has 7 nitrogen and oxygen atoms in total.